The van der Waals surface area contributed by atoms with Gasteiger partial charge in [-0.3, -0.25) is 4.90 Å². The van der Waals surface area contributed by atoms with Gasteiger partial charge >= 0.3 is 0 Å². The second-order valence-electron chi connectivity index (χ2n) is 5.88. The van der Waals surface area contributed by atoms with Gasteiger partial charge in [0.1, 0.15) is 13.2 Å². The van der Waals surface area contributed by atoms with Gasteiger partial charge in [-0.05, 0) is 63.1 Å². The Morgan fingerprint density at radius 2 is 1.95 bits per heavy atom. The molecule has 4 nitrogen and oxygen atoms in total. The van der Waals surface area contributed by atoms with E-state index in [1.54, 1.807) is 0 Å². The van der Waals surface area contributed by atoms with Gasteiger partial charge in [0.05, 0.1) is 5.02 Å². The van der Waals surface area contributed by atoms with E-state index in [9.17, 15) is 0 Å². The largest absolute Gasteiger partial charge is 0.486 e. The summed E-state index contributed by atoms with van der Waals surface area (Å²) in [7, 11) is 2.03. The lowest BCUT2D eigenvalue weighted by Crippen LogP contribution is -2.36. The summed E-state index contributed by atoms with van der Waals surface area (Å²) in [6.45, 7) is 5.54. The van der Waals surface area contributed by atoms with Crippen LogP contribution in [0.15, 0.2) is 12.1 Å². The van der Waals surface area contributed by atoms with Gasteiger partial charge in [-0.15, -0.1) is 12.4 Å². The standard InChI is InChI=1S/C16H23ClN2O2.ClH/c1-18-10-12-2-4-19(5-3-12)11-13-8-14(17)16-15(9-13)20-6-7-21-16;/h8-9,12,18H,2-7,10-11H2,1H3;1H. The van der Waals surface area contributed by atoms with Gasteiger partial charge in [-0.2, -0.15) is 0 Å². The van der Waals surface area contributed by atoms with E-state index < -0.39 is 0 Å². The number of nitrogens with zero attached hydrogens (tertiary/aromatic N) is 1. The average molecular weight is 347 g/mol. The van der Waals surface area contributed by atoms with Gasteiger partial charge in [0.25, 0.3) is 0 Å². The second-order valence-corrected chi connectivity index (χ2v) is 6.29. The van der Waals surface area contributed by atoms with Crippen LogP contribution in [0.4, 0.5) is 0 Å². The molecular weight excluding hydrogens is 323 g/mol. The van der Waals surface area contributed by atoms with Crippen molar-refractivity contribution in [3.05, 3.63) is 22.7 Å². The monoisotopic (exact) mass is 346 g/mol. The molecule has 124 valence electrons. The van der Waals surface area contributed by atoms with Crippen molar-refractivity contribution in [2.75, 3.05) is 39.9 Å². The van der Waals surface area contributed by atoms with Crippen LogP contribution in [0.25, 0.3) is 0 Å². The first-order chi connectivity index (χ1) is 10.3. The summed E-state index contributed by atoms with van der Waals surface area (Å²) in [5.74, 6) is 2.29. The van der Waals surface area contributed by atoms with Gasteiger partial charge in [0, 0.05) is 6.54 Å². The molecule has 0 aliphatic carbocycles. The Morgan fingerprint density at radius 3 is 2.68 bits per heavy atom. The number of benzene rings is 1. The van der Waals surface area contributed by atoms with Crippen LogP contribution in [0.2, 0.25) is 5.02 Å². The Hall–Kier alpha value is -0.680. The van der Waals surface area contributed by atoms with Gasteiger partial charge < -0.3 is 14.8 Å². The summed E-state index contributed by atoms with van der Waals surface area (Å²) in [4.78, 5) is 2.49. The highest BCUT2D eigenvalue weighted by molar-refractivity contribution is 6.32. The fraction of sp³-hybridized carbons (Fsp3) is 0.625. The fourth-order valence-electron chi connectivity index (χ4n) is 3.15. The van der Waals surface area contributed by atoms with Crippen molar-refractivity contribution in [3.63, 3.8) is 0 Å². The van der Waals surface area contributed by atoms with E-state index in [0.717, 1.165) is 37.8 Å². The third-order valence-corrected chi connectivity index (χ3v) is 4.54. The van der Waals surface area contributed by atoms with Gasteiger partial charge in [0.2, 0.25) is 0 Å². The maximum absolute atomic E-state index is 6.30. The average Bonchev–Trinajstić information content (AvgIpc) is 2.50. The Kier molecular flexibility index (Phi) is 6.63. The fourth-order valence-corrected chi connectivity index (χ4v) is 3.44. The highest BCUT2D eigenvalue weighted by atomic mass is 35.5. The van der Waals surface area contributed by atoms with Crippen molar-refractivity contribution >= 4 is 24.0 Å². The van der Waals surface area contributed by atoms with E-state index in [4.69, 9.17) is 21.1 Å². The van der Waals surface area contributed by atoms with Crippen molar-refractivity contribution in [1.29, 1.82) is 0 Å². The van der Waals surface area contributed by atoms with Crippen molar-refractivity contribution in [2.45, 2.75) is 19.4 Å². The minimum Gasteiger partial charge on any atom is -0.486 e. The number of halogens is 2. The van der Waals surface area contributed by atoms with Gasteiger partial charge in [-0.1, -0.05) is 11.6 Å². The lowest BCUT2D eigenvalue weighted by atomic mass is 9.96. The molecule has 2 heterocycles. The number of piperidine rings is 1. The number of ether oxygens (including phenoxy) is 2. The molecule has 0 bridgehead atoms. The first kappa shape index (κ1) is 17.7. The molecule has 0 amide bonds. The molecule has 0 atom stereocenters. The summed E-state index contributed by atoms with van der Waals surface area (Å²) in [5, 5.41) is 3.94. The number of likely N-dealkylation sites (tertiary alicyclic amines) is 1. The van der Waals surface area contributed by atoms with Crippen LogP contribution >= 0.6 is 24.0 Å². The van der Waals surface area contributed by atoms with E-state index in [-0.39, 0.29) is 12.4 Å². The molecule has 2 aliphatic rings. The van der Waals surface area contributed by atoms with Crippen LogP contribution in [0.5, 0.6) is 11.5 Å². The van der Waals surface area contributed by atoms with Gasteiger partial charge in [-0.25, -0.2) is 0 Å². The zero-order valence-corrected chi connectivity index (χ0v) is 14.5. The Bertz CT molecular complexity index is 491. The number of fused-ring (bicyclic) bond motifs is 1. The van der Waals surface area contributed by atoms with Crippen molar-refractivity contribution in [1.82, 2.24) is 10.2 Å². The maximum atomic E-state index is 6.30. The smallest absolute Gasteiger partial charge is 0.179 e. The molecule has 0 aromatic heterocycles. The molecule has 0 saturated carbocycles. The third-order valence-electron chi connectivity index (χ3n) is 4.26. The van der Waals surface area contributed by atoms with E-state index >= 15 is 0 Å². The number of rotatable bonds is 4. The van der Waals surface area contributed by atoms with Crippen molar-refractivity contribution < 1.29 is 9.47 Å². The first-order valence-corrected chi connectivity index (χ1v) is 8.09. The Balaban J connectivity index is 0.00000176. The zero-order chi connectivity index (χ0) is 14.7. The molecular formula is C16H24Cl2N2O2. The molecule has 1 N–H and O–H groups in total. The highest BCUT2D eigenvalue weighted by Gasteiger charge is 2.21. The molecule has 1 fully saturated rings. The topological polar surface area (TPSA) is 33.7 Å². The molecule has 22 heavy (non-hydrogen) atoms. The van der Waals surface area contributed by atoms with Crippen LogP contribution in [-0.2, 0) is 6.54 Å². The first-order valence-electron chi connectivity index (χ1n) is 7.71. The maximum Gasteiger partial charge on any atom is 0.179 e. The molecule has 0 unspecified atom stereocenters. The van der Waals surface area contributed by atoms with Crippen LogP contribution in [-0.4, -0.2) is 44.8 Å². The summed E-state index contributed by atoms with van der Waals surface area (Å²) in [6, 6.07) is 4.08. The van der Waals surface area contributed by atoms with Crippen LogP contribution in [0.1, 0.15) is 18.4 Å². The van der Waals surface area contributed by atoms with E-state index in [0.29, 0.717) is 24.0 Å². The zero-order valence-electron chi connectivity index (χ0n) is 12.9. The molecule has 1 aromatic rings. The highest BCUT2D eigenvalue weighted by Crippen LogP contribution is 2.38. The summed E-state index contributed by atoms with van der Waals surface area (Å²) in [6.07, 6.45) is 2.53. The summed E-state index contributed by atoms with van der Waals surface area (Å²) >= 11 is 6.30. The predicted molar refractivity (Wildman–Crippen MR) is 91.6 cm³/mol. The van der Waals surface area contributed by atoms with Crippen LogP contribution in [0, 0.1) is 5.92 Å². The number of hydrogen-bond donors (Lipinski definition) is 1. The molecule has 6 heteroatoms. The lowest BCUT2D eigenvalue weighted by Gasteiger charge is -2.32. The SMILES string of the molecule is CNCC1CCN(Cc2cc(Cl)c3c(c2)OCCO3)CC1.Cl. The lowest BCUT2D eigenvalue weighted by molar-refractivity contribution is 0.168. The molecule has 0 spiro atoms. The molecule has 1 aromatic carbocycles. The van der Waals surface area contributed by atoms with Crippen molar-refractivity contribution in [3.8, 4) is 11.5 Å². The molecule has 1 saturated heterocycles. The molecule has 2 aliphatic heterocycles. The summed E-state index contributed by atoms with van der Waals surface area (Å²) in [5.41, 5.74) is 1.20. The van der Waals surface area contributed by atoms with E-state index in [2.05, 4.69) is 16.3 Å². The minimum absolute atomic E-state index is 0. The Labute approximate surface area is 143 Å². The summed E-state index contributed by atoms with van der Waals surface area (Å²) < 4.78 is 11.2. The number of hydrogen-bond acceptors (Lipinski definition) is 4. The van der Waals surface area contributed by atoms with Crippen LogP contribution < -0.4 is 14.8 Å². The Morgan fingerprint density at radius 1 is 1.23 bits per heavy atom. The normalized spacial score (nSPS) is 18.8. The quantitative estimate of drug-likeness (QED) is 0.908. The molecule has 3 rings (SSSR count). The van der Waals surface area contributed by atoms with Crippen LogP contribution in [0.3, 0.4) is 0 Å². The van der Waals surface area contributed by atoms with Crippen molar-refractivity contribution in [2.24, 2.45) is 5.92 Å². The third kappa shape index (κ3) is 4.19. The van der Waals surface area contributed by atoms with E-state index in [1.807, 2.05) is 13.1 Å². The molecule has 0 radical (unpaired) electrons. The van der Waals surface area contributed by atoms with E-state index in [1.165, 1.54) is 18.4 Å². The second kappa shape index (κ2) is 8.25. The number of nitrogens with one attached hydrogen (secondary N) is 1. The predicted octanol–water partition coefficient (Wildman–Crippen LogP) is 2.96. The minimum atomic E-state index is 0. The van der Waals surface area contributed by atoms with Gasteiger partial charge in [0.15, 0.2) is 11.5 Å².